The van der Waals surface area contributed by atoms with Crippen molar-refractivity contribution in [2.24, 2.45) is 0 Å². The van der Waals surface area contributed by atoms with Crippen molar-refractivity contribution in [1.82, 2.24) is 10.2 Å². The van der Waals surface area contributed by atoms with E-state index in [-0.39, 0.29) is 24.8 Å². The summed E-state index contributed by atoms with van der Waals surface area (Å²) in [6.07, 6.45) is 2.10. The number of aryl methyl sites for hydroxylation is 1. The molecule has 0 aromatic heterocycles. The minimum Gasteiger partial charge on any atom is -0.493 e. The third kappa shape index (κ3) is 7.67. The van der Waals surface area contributed by atoms with Gasteiger partial charge in [-0.2, -0.15) is 0 Å². The van der Waals surface area contributed by atoms with Gasteiger partial charge in [0.25, 0.3) is 5.91 Å². The molecule has 2 amide bonds. The van der Waals surface area contributed by atoms with Crippen LogP contribution in [-0.4, -0.2) is 55.0 Å². The Kier molecular flexibility index (Phi) is 9.29. The van der Waals surface area contributed by atoms with Crippen LogP contribution in [0.5, 0.6) is 5.75 Å². The summed E-state index contributed by atoms with van der Waals surface area (Å²) >= 11 is 0. The number of esters is 1. The van der Waals surface area contributed by atoms with E-state index in [0.29, 0.717) is 37.4 Å². The van der Waals surface area contributed by atoms with Crippen LogP contribution in [0.2, 0.25) is 0 Å². The normalized spacial score (nSPS) is 15.1. The average molecular weight is 501 g/mol. The molecule has 0 aliphatic carbocycles. The fourth-order valence-corrected chi connectivity index (χ4v) is 4.28. The van der Waals surface area contributed by atoms with Gasteiger partial charge in [0.05, 0.1) is 19.6 Å². The van der Waals surface area contributed by atoms with Crippen molar-refractivity contribution in [1.29, 1.82) is 0 Å². The molecule has 1 saturated heterocycles. The highest BCUT2D eigenvalue weighted by molar-refractivity contribution is 5.99. The van der Waals surface area contributed by atoms with E-state index in [9.17, 15) is 14.4 Å². The zero-order valence-electron chi connectivity index (χ0n) is 20.8. The number of hydrogen-bond acceptors (Lipinski definition) is 5. The molecule has 1 unspecified atom stereocenters. The average Bonchev–Trinajstić information content (AvgIpc) is 2.93. The third-order valence-electron chi connectivity index (χ3n) is 6.27. The van der Waals surface area contributed by atoms with E-state index in [1.54, 1.807) is 24.3 Å². The molecule has 3 aromatic carbocycles. The van der Waals surface area contributed by atoms with E-state index in [1.807, 2.05) is 48.5 Å². The molecule has 1 aliphatic rings. The molecule has 7 nitrogen and oxygen atoms in total. The summed E-state index contributed by atoms with van der Waals surface area (Å²) in [5.41, 5.74) is 2.80. The minimum absolute atomic E-state index is 0.177. The van der Waals surface area contributed by atoms with Crippen molar-refractivity contribution < 1.29 is 23.9 Å². The second-order valence-corrected chi connectivity index (χ2v) is 8.93. The van der Waals surface area contributed by atoms with Crippen LogP contribution in [0, 0.1) is 0 Å². The molecule has 192 valence electrons. The van der Waals surface area contributed by atoms with Gasteiger partial charge in [0.15, 0.2) is 0 Å². The summed E-state index contributed by atoms with van der Waals surface area (Å²) in [5, 5.41) is 2.75. The second-order valence-electron chi connectivity index (χ2n) is 8.93. The highest BCUT2D eigenvalue weighted by Crippen LogP contribution is 2.18. The molecule has 1 N–H and O–H groups in total. The van der Waals surface area contributed by atoms with Crippen LogP contribution >= 0.6 is 0 Å². The monoisotopic (exact) mass is 500 g/mol. The lowest BCUT2D eigenvalue weighted by Crippen LogP contribution is -2.57. The molecule has 37 heavy (non-hydrogen) atoms. The summed E-state index contributed by atoms with van der Waals surface area (Å²) in [5.74, 6) is -0.469. The zero-order valence-corrected chi connectivity index (χ0v) is 20.8. The summed E-state index contributed by atoms with van der Waals surface area (Å²) in [7, 11) is 0. The maximum Gasteiger partial charge on any atom is 0.308 e. The number of carbonyl (C=O) groups excluding carboxylic acids is 3. The van der Waals surface area contributed by atoms with Gasteiger partial charge >= 0.3 is 5.97 Å². The predicted octanol–water partition coefficient (Wildman–Crippen LogP) is 3.81. The Labute approximate surface area is 217 Å². The molecule has 0 bridgehead atoms. The van der Waals surface area contributed by atoms with Crippen LogP contribution in [0.25, 0.3) is 0 Å². The van der Waals surface area contributed by atoms with Crippen LogP contribution in [-0.2, 0) is 27.2 Å². The summed E-state index contributed by atoms with van der Waals surface area (Å²) in [4.78, 5) is 39.7. The molecule has 1 heterocycles. The van der Waals surface area contributed by atoms with Gasteiger partial charge in [-0.05, 0) is 48.2 Å². The number of benzene rings is 3. The molecule has 0 radical (unpaired) electrons. The molecule has 0 spiro atoms. The molecular weight excluding hydrogens is 468 g/mol. The fourth-order valence-electron chi connectivity index (χ4n) is 4.28. The van der Waals surface area contributed by atoms with Gasteiger partial charge in [-0.15, -0.1) is 0 Å². The van der Waals surface area contributed by atoms with E-state index in [2.05, 4.69) is 17.4 Å². The molecule has 0 saturated carbocycles. The lowest BCUT2D eigenvalue weighted by molar-refractivity contribution is -0.147. The van der Waals surface area contributed by atoms with Gasteiger partial charge in [-0.25, -0.2) is 0 Å². The Balaban J connectivity index is 1.27. The standard InChI is InChI=1S/C30H32N2O5/c33-28(37-20-7-12-23-8-3-1-4-9-23)22-27-29(34)31-18-19-32(27)30(35)25-13-15-26(16-14-25)36-21-17-24-10-5-2-6-11-24/h1-6,8-11,13-16,27H,7,12,17-22H2,(H,31,34). The number of ether oxygens (including phenoxy) is 2. The van der Waals surface area contributed by atoms with E-state index in [4.69, 9.17) is 9.47 Å². The van der Waals surface area contributed by atoms with Crippen LogP contribution in [0.4, 0.5) is 0 Å². The van der Waals surface area contributed by atoms with Gasteiger partial charge in [-0.1, -0.05) is 60.7 Å². The van der Waals surface area contributed by atoms with Crippen molar-refractivity contribution in [3.63, 3.8) is 0 Å². The Morgan fingerprint density at radius 3 is 2.16 bits per heavy atom. The summed E-state index contributed by atoms with van der Waals surface area (Å²) < 4.78 is 11.2. The van der Waals surface area contributed by atoms with Crippen molar-refractivity contribution >= 4 is 17.8 Å². The third-order valence-corrected chi connectivity index (χ3v) is 6.27. The SMILES string of the molecule is O=C(CC1C(=O)NCCN1C(=O)c1ccc(OCCc2ccccc2)cc1)OCCCc1ccccc1. The van der Waals surface area contributed by atoms with Crippen molar-refractivity contribution in [3.05, 3.63) is 102 Å². The topological polar surface area (TPSA) is 84.9 Å². The quantitative estimate of drug-likeness (QED) is 0.320. The number of hydrogen-bond donors (Lipinski definition) is 1. The van der Waals surface area contributed by atoms with Gasteiger partial charge < -0.3 is 19.7 Å². The Morgan fingerprint density at radius 2 is 1.49 bits per heavy atom. The summed E-state index contributed by atoms with van der Waals surface area (Å²) in [6.45, 7) is 1.46. The molecule has 1 fully saturated rings. The zero-order chi connectivity index (χ0) is 25.9. The number of nitrogens with one attached hydrogen (secondary N) is 1. The maximum atomic E-state index is 13.2. The van der Waals surface area contributed by atoms with Crippen LogP contribution in [0.1, 0.15) is 34.3 Å². The number of amides is 2. The molecule has 4 rings (SSSR count). The van der Waals surface area contributed by atoms with Gasteiger partial charge in [-0.3, -0.25) is 14.4 Å². The van der Waals surface area contributed by atoms with Gasteiger partial charge in [0.1, 0.15) is 11.8 Å². The Bertz CT molecular complexity index is 1170. The molecule has 1 aliphatic heterocycles. The first-order chi connectivity index (χ1) is 18.1. The first-order valence-electron chi connectivity index (χ1n) is 12.6. The Morgan fingerprint density at radius 1 is 0.838 bits per heavy atom. The fraction of sp³-hybridized carbons (Fsp3) is 0.300. The highest BCUT2D eigenvalue weighted by atomic mass is 16.5. The van der Waals surface area contributed by atoms with Gasteiger partial charge in [0, 0.05) is 25.1 Å². The molecular formula is C30H32N2O5. The second kappa shape index (κ2) is 13.3. The van der Waals surface area contributed by atoms with Gasteiger partial charge in [0.2, 0.25) is 5.91 Å². The largest absolute Gasteiger partial charge is 0.493 e. The first kappa shape index (κ1) is 25.9. The predicted molar refractivity (Wildman–Crippen MR) is 140 cm³/mol. The molecule has 1 atom stereocenters. The van der Waals surface area contributed by atoms with E-state index in [0.717, 1.165) is 12.8 Å². The maximum absolute atomic E-state index is 13.2. The smallest absolute Gasteiger partial charge is 0.308 e. The first-order valence-corrected chi connectivity index (χ1v) is 12.6. The lowest BCUT2D eigenvalue weighted by Gasteiger charge is -2.34. The lowest BCUT2D eigenvalue weighted by atomic mass is 10.1. The van der Waals surface area contributed by atoms with E-state index >= 15 is 0 Å². The van der Waals surface area contributed by atoms with Crippen molar-refractivity contribution in [2.75, 3.05) is 26.3 Å². The van der Waals surface area contributed by atoms with Crippen LogP contribution < -0.4 is 10.1 Å². The van der Waals surface area contributed by atoms with Crippen molar-refractivity contribution in [3.8, 4) is 5.75 Å². The number of nitrogens with zero attached hydrogens (tertiary/aromatic N) is 1. The number of piperazine rings is 1. The minimum atomic E-state index is -0.898. The van der Waals surface area contributed by atoms with Crippen LogP contribution in [0.3, 0.4) is 0 Å². The van der Waals surface area contributed by atoms with E-state index < -0.39 is 12.0 Å². The van der Waals surface area contributed by atoms with Crippen LogP contribution in [0.15, 0.2) is 84.9 Å². The molecule has 3 aromatic rings. The van der Waals surface area contributed by atoms with E-state index in [1.165, 1.54) is 16.0 Å². The summed E-state index contributed by atoms with van der Waals surface area (Å²) in [6, 6.07) is 26.0. The Hall–Kier alpha value is -4.13. The molecule has 7 heteroatoms. The van der Waals surface area contributed by atoms with Crippen molar-refractivity contribution in [2.45, 2.75) is 31.7 Å². The number of carbonyl (C=O) groups is 3. The number of rotatable bonds is 11. The highest BCUT2D eigenvalue weighted by Gasteiger charge is 2.35.